The summed E-state index contributed by atoms with van der Waals surface area (Å²) in [4.78, 5) is 9.37. The van der Waals surface area contributed by atoms with Crippen molar-refractivity contribution in [3.8, 4) is 11.5 Å². The van der Waals surface area contributed by atoms with Gasteiger partial charge in [-0.1, -0.05) is 50.1 Å². The largest absolute Gasteiger partial charge is 0.497 e. The first-order chi connectivity index (χ1) is 19.1. The second-order valence-corrected chi connectivity index (χ2v) is 9.57. The molecule has 0 spiro atoms. The van der Waals surface area contributed by atoms with Gasteiger partial charge in [-0.25, -0.2) is 4.98 Å². The molecule has 0 radical (unpaired) electrons. The van der Waals surface area contributed by atoms with E-state index < -0.39 is 0 Å². The van der Waals surface area contributed by atoms with Crippen LogP contribution in [0.1, 0.15) is 54.1 Å². The van der Waals surface area contributed by atoms with Crippen LogP contribution in [0.25, 0.3) is 0 Å². The lowest BCUT2D eigenvalue weighted by Crippen LogP contribution is -2.14. The van der Waals surface area contributed by atoms with Gasteiger partial charge < -0.3 is 25.8 Å². The molecule has 0 aliphatic heterocycles. The zero-order chi connectivity index (χ0) is 27.5. The number of unbranched alkanes of at least 4 members (excludes halogenated alkanes) is 2. The first-order valence-corrected chi connectivity index (χ1v) is 13.5. The average Bonchev–Trinajstić information content (AvgIpc) is 2.98. The second kappa shape index (κ2) is 14.0. The summed E-state index contributed by atoms with van der Waals surface area (Å²) in [7, 11) is 3.36. The molecule has 0 fully saturated rings. The van der Waals surface area contributed by atoms with Crippen molar-refractivity contribution in [3.05, 3.63) is 101 Å². The highest BCUT2D eigenvalue weighted by atomic mass is 16.5. The smallest absolute Gasteiger partial charge is 0.151 e. The van der Waals surface area contributed by atoms with Crippen LogP contribution in [0.2, 0.25) is 0 Å². The summed E-state index contributed by atoms with van der Waals surface area (Å²) >= 11 is 0. The van der Waals surface area contributed by atoms with Gasteiger partial charge in [-0.15, -0.1) is 0 Å². The maximum Gasteiger partial charge on any atom is 0.151 e. The third kappa shape index (κ3) is 7.63. The number of hydrogen-bond donors (Lipinski definition) is 3. The number of hydrogen-bond acceptors (Lipinski definition) is 7. The van der Waals surface area contributed by atoms with Gasteiger partial charge in [0.2, 0.25) is 0 Å². The molecule has 0 saturated heterocycles. The van der Waals surface area contributed by atoms with Gasteiger partial charge in [0.05, 0.1) is 25.6 Å². The van der Waals surface area contributed by atoms with Crippen molar-refractivity contribution < 1.29 is 9.47 Å². The number of pyridine rings is 2. The molecule has 0 aliphatic rings. The Morgan fingerprint density at radius 2 is 1.46 bits per heavy atom. The Bertz CT molecular complexity index is 1310. The minimum atomic E-state index is 0.607. The van der Waals surface area contributed by atoms with Crippen LogP contribution in [-0.4, -0.2) is 24.2 Å². The number of nitrogens with zero attached hydrogens (tertiary/aromatic N) is 2. The number of nitrogens with two attached hydrogens (primary N) is 1. The molecule has 4 aromatic rings. The normalized spacial score (nSPS) is 10.7. The first kappa shape index (κ1) is 27.8. The molecular weight excluding hydrogens is 486 g/mol. The number of ether oxygens (including phenoxy) is 2. The average molecular weight is 526 g/mol. The summed E-state index contributed by atoms with van der Waals surface area (Å²) in [6.45, 7) is 3.44. The van der Waals surface area contributed by atoms with Crippen LogP contribution in [0.4, 0.5) is 17.2 Å². The van der Waals surface area contributed by atoms with Gasteiger partial charge in [0, 0.05) is 43.2 Å². The third-order valence-corrected chi connectivity index (χ3v) is 6.79. The molecule has 0 saturated carbocycles. The van der Waals surface area contributed by atoms with Crippen molar-refractivity contribution in [1.29, 1.82) is 0 Å². The molecule has 4 N–H and O–H groups in total. The lowest BCUT2D eigenvalue weighted by Gasteiger charge is -2.22. The van der Waals surface area contributed by atoms with Crippen LogP contribution >= 0.6 is 0 Å². The number of aromatic nitrogens is 2. The highest BCUT2D eigenvalue weighted by molar-refractivity contribution is 5.81. The monoisotopic (exact) mass is 525 g/mol. The minimum Gasteiger partial charge on any atom is -0.497 e. The Hall–Kier alpha value is -4.26. The van der Waals surface area contributed by atoms with Crippen molar-refractivity contribution in [2.75, 3.05) is 30.6 Å². The van der Waals surface area contributed by atoms with Crippen LogP contribution in [0.5, 0.6) is 11.5 Å². The molecule has 0 aliphatic carbocycles. The number of nitrogens with one attached hydrogen (secondary N) is 2. The summed E-state index contributed by atoms with van der Waals surface area (Å²) in [6.07, 6.45) is 8.64. The van der Waals surface area contributed by atoms with Crippen molar-refractivity contribution in [2.45, 2.75) is 52.1 Å². The van der Waals surface area contributed by atoms with E-state index in [2.05, 4.69) is 40.7 Å². The second-order valence-electron chi connectivity index (χ2n) is 9.57. The van der Waals surface area contributed by atoms with E-state index in [4.69, 9.17) is 20.2 Å². The van der Waals surface area contributed by atoms with Crippen LogP contribution in [-0.2, 0) is 25.9 Å². The van der Waals surface area contributed by atoms with E-state index in [9.17, 15) is 0 Å². The molecular formula is C32H39N5O2. The van der Waals surface area contributed by atoms with E-state index in [-0.39, 0.29) is 0 Å². The fraction of sp³-hybridized carbons (Fsp3) is 0.312. The number of methoxy groups -OCH3 is 2. The van der Waals surface area contributed by atoms with E-state index in [0.717, 1.165) is 71.7 Å². The van der Waals surface area contributed by atoms with E-state index in [0.29, 0.717) is 24.6 Å². The fourth-order valence-corrected chi connectivity index (χ4v) is 4.53. The number of benzene rings is 2. The Morgan fingerprint density at radius 3 is 2.08 bits per heavy atom. The molecule has 2 heterocycles. The van der Waals surface area contributed by atoms with E-state index in [1.165, 1.54) is 5.56 Å². The van der Waals surface area contributed by atoms with Crippen molar-refractivity contribution in [1.82, 2.24) is 9.97 Å². The summed E-state index contributed by atoms with van der Waals surface area (Å²) in [5.74, 6) is 2.37. The maximum atomic E-state index is 6.84. The van der Waals surface area contributed by atoms with Gasteiger partial charge in [0.25, 0.3) is 0 Å². The van der Waals surface area contributed by atoms with Gasteiger partial charge in [0.15, 0.2) is 5.82 Å². The number of rotatable bonds is 14. The lowest BCUT2D eigenvalue weighted by molar-refractivity contribution is 0.414. The predicted octanol–water partition coefficient (Wildman–Crippen LogP) is 6.62. The molecule has 7 nitrogen and oxygen atoms in total. The Labute approximate surface area is 231 Å². The van der Waals surface area contributed by atoms with Crippen molar-refractivity contribution >= 4 is 17.2 Å². The molecule has 0 amide bonds. The van der Waals surface area contributed by atoms with Crippen molar-refractivity contribution in [3.63, 3.8) is 0 Å². The van der Waals surface area contributed by atoms with Crippen molar-refractivity contribution in [2.24, 2.45) is 0 Å². The molecule has 7 heteroatoms. The molecule has 2 aromatic carbocycles. The molecule has 4 rings (SSSR count). The van der Waals surface area contributed by atoms with E-state index in [1.807, 2.05) is 48.7 Å². The maximum absolute atomic E-state index is 6.84. The SMILES string of the molecule is CCCCCc1nc(NCc2ccc(OC)cc2)c(N)c(NCc2cccnc2)c1Cc1ccc(OC)cc1. The number of nitrogen functional groups attached to an aromatic ring is 1. The highest BCUT2D eigenvalue weighted by Crippen LogP contribution is 2.35. The first-order valence-electron chi connectivity index (χ1n) is 13.5. The van der Waals surface area contributed by atoms with Crippen LogP contribution < -0.4 is 25.8 Å². The fourth-order valence-electron chi connectivity index (χ4n) is 4.53. The summed E-state index contributed by atoms with van der Waals surface area (Å²) < 4.78 is 10.7. The number of aryl methyl sites for hydroxylation is 1. The van der Waals surface area contributed by atoms with Gasteiger partial charge in [-0.3, -0.25) is 4.98 Å². The topological polar surface area (TPSA) is 94.3 Å². The zero-order valence-electron chi connectivity index (χ0n) is 23.2. The number of anilines is 3. The van der Waals surface area contributed by atoms with Gasteiger partial charge in [0.1, 0.15) is 11.5 Å². The third-order valence-electron chi connectivity index (χ3n) is 6.79. The molecule has 204 valence electrons. The quantitative estimate of drug-likeness (QED) is 0.159. The Morgan fingerprint density at radius 1 is 0.795 bits per heavy atom. The molecule has 0 atom stereocenters. The summed E-state index contributed by atoms with van der Waals surface area (Å²) in [6, 6.07) is 20.2. The summed E-state index contributed by atoms with van der Waals surface area (Å²) in [5.41, 5.74) is 14.0. The lowest BCUT2D eigenvalue weighted by atomic mass is 9.97. The predicted molar refractivity (Wildman–Crippen MR) is 160 cm³/mol. The molecule has 2 aromatic heterocycles. The van der Waals surface area contributed by atoms with E-state index in [1.54, 1.807) is 20.4 Å². The Kier molecular flexibility index (Phi) is 10.0. The van der Waals surface area contributed by atoms with Crippen LogP contribution in [0.15, 0.2) is 73.1 Å². The minimum absolute atomic E-state index is 0.607. The van der Waals surface area contributed by atoms with Gasteiger partial charge >= 0.3 is 0 Å². The van der Waals surface area contributed by atoms with E-state index >= 15 is 0 Å². The van der Waals surface area contributed by atoms with Crippen LogP contribution in [0.3, 0.4) is 0 Å². The highest BCUT2D eigenvalue weighted by Gasteiger charge is 2.19. The Balaban J connectivity index is 1.70. The van der Waals surface area contributed by atoms with Crippen LogP contribution in [0, 0.1) is 0 Å². The van der Waals surface area contributed by atoms with Gasteiger partial charge in [-0.2, -0.15) is 0 Å². The molecule has 0 bridgehead atoms. The standard InChI is InChI=1S/C32H39N5O2/c1-4-5-6-9-29-28(19-23-10-14-26(38-2)15-11-23)31(35-22-25-8-7-18-34-20-25)30(33)32(37-29)36-21-24-12-16-27(39-3)17-13-24/h7-8,10-18,20H,4-6,9,19,21-22,33H2,1-3H3,(H2,35,36,37). The van der Waals surface area contributed by atoms with Gasteiger partial charge in [-0.05, 0) is 59.9 Å². The summed E-state index contributed by atoms with van der Waals surface area (Å²) in [5, 5.41) is 7.14. The molecule has 39 heavy (non-hydrogen) atoms. The molecule has 0 unspecified atom stereocenters. The zero-order valence-corrected chi connectivity index (χ0v) is 23.2.